The predicted molar refractivity (Wildman–Crippen MR) is 97.0 cm³/mol. The van der Waals surface area contributed by atoms with Crippen molar-refractivity contribution in [2.24, 2.45) is 0 Å². The molecule has 0 unspecified atom stereocenters. The van der Waals surface area contributed by atoms with Crippen LogP contribution in [0.15, 0.2) is 78.9 Å². The predicted octanol–water partition coefficient (Wildman–Crippen LogP) is 4.89. The first-order valence-electron chi connectivity index (χ1n) is 7.85. The maximum atomic E-state index is 11.1. The summed E-state index contributed by atoms with van der Waals surface area (Å²) in [5.41, 5.74) is 4.09. The van der Waals surface area contributed by atoms with Gasteiger partial charge in [0.15, 0.2) is 0 Å². The van der Waals surface area contributed by atoms with Gasteiger partial charge in [0, 0.05) is 12.6 Å². The van der Waals surface area contributed by atoms with Gasteiger partial charge < -0.3 is 10.1 Å². The van der Waals surface area contributed by atoms with Gasteiger partial charge in [0.1, 0.15) is 12.4 Å². The first-order valence-corrected chi connectivity index (χ1v) is 7.85. The summed E-state index contributed by atoms with van der Waals surface area (Å²) in [6.45, 7) is 2.05. The number of ether oxygens (including phenoxy) is 1. The van der Waals surface area contributed by atoms with E-state index in [1.807, 2.05) is 78.9 Å². The minimum atomic E-state index is -0.0703. The van der Waals surface area contributed by atoms with Crippen molar-refractivity contribution in [2.45, 2.75) is 13.5 Å². The van der Waals surface area contributed by atoms with Crippen LogP contribution < -0.4 is 10.1 Å². The molecule has 0 spiro atoms. The van der Waals surface area contributed by atoms with Gasteiger partial charge in [-0.25, -0.2) is 0 Å². The van der Waals surface area contributed by atoms with Gasteiger partial charge in [-0.1, -0.05) is 54.6 Å². The molecular formula is C21H19NO2. The van der Waals surface area contributed by atoms with E-state index in [1.54, 1.807) is 0 Å². The zero-order valence-corrected chi connectivity index (χ0v) is 13.5. The lowest BCUT2D eigenvalue weighted by atomic mass is 10.1. The first-order chi connectivity index (χ1) is 11.7. The summed E-state index contributed by atoms with van der Waals surface area (Å²) in [4.78, 5) is 11.1. The van der Waals surface area contributed by atoms with Crippen LogP contribution in [0, 0.1) is 0 Å². The summed E-state index contributed by atoms with van der Waals surface area (Å²) in [5, 5.41) is 2.77. The lowest BCUT2D eigenvalue weighted by molar-refractivity contribution is -0.114. The number of rotatable bonds is 5. The number of hydrogen-bond acceptors (Lipinski definition) is 2. The molecular weight excluding hydrogens is 298 g/mol. The van der Waals surface area contributed by atoms with E-state index in [9.17, 15) is 4.79 Å². The highest BCUT2D eigenvalue weighted by molar-refractivity contribution is 5.89. The third kappa shape index (κ3) is 4.23. The van der Waals surface area contributed by atoms with Crippen LogP contribution in [-0.2, 0) is 11.4 Å². The smallest absolute Gasteiger partial charge is 0.221 e. The molecule has 120 valence electrons. The number of amides is 1. The minimum absolute atomic E-state index is 0.0703. The summed E-state index contributed by atoms with van der Waals surface area (Å²) < 4.78 is 5.87. The molecule has 24 heavy (non-hydrogen) atoms. The van der Waals surface area contributed by atoms with Gasteiger partial charge in [-0.2, -0.15) is 0 Å². The number of hydrogen-bond donors (Lipinski definition) is 1. The van der Waals surface area contributed by atoms with Crippen LogP contribution in [0.5, 0.6) is 5.75 Å². The van der Waals surface area contributed by atoms with Gasteiger partial charge in [-0.05, 0) is 41.0 Å². The second-order valence-electron chi connectivity index (χ2n) is 5.56. The molecule has 3 nitrogen and oxygen atoms in total. The van der Waals surface area contributed by atoms with Crippen LogP contribution in [0.2, 0.25) is 0 Å². The highest BCUT2D eigenvalue weighted by Crippen LogP contribution is 2.25. The summed E-state index contributed by atoms with van der Waals surface area (Å²) >= 11 is 0. The molecule has 1 N–H and O–H groups in total. The average Bonchev–Trinajstić information content (AvgIpc) is 2.61. The molecule has 0 heterocycles. The van der Waals surface area contributed by atoms with Crippen molar-refractivity contribution in [1.29, 1.82) is 0 Å². The number of carbonyl (C=O) groups excluding carboxylic acids is 1. The van der Waals surface area contributed by atoms with E-state index < -0.39 is 0 Å². The van der Waals surface area contributed by atoms with Gasteiger partial charge in [0.05, 0.1) is 0 Å². The maximum Gasteiger partial charge on any atom is 0.221 e. The van der Waals surface area contributed by atoms with E-state index in [1.165, 1.54) is 6.92 Å². The minimum Gasteiger partial charge on any atom is -0.489 e. The van der Waals surface area contributed by atoms with Gasteiger partial charge in [-0.3, -0.25) is 4.79 Å². The molecule has 0 saturated carbocycles. The maximum absolute atomic E-state index is 11.1. The van der Waals surface area contributed by atoms with E-state index in [4.69, 9.17) is 4.74 Å². The largest absolute Gasteiger partial charge is 0.489 e. The Bertz CT molecular complexity index is 811. The van der Waals surface area contributed by atoms with Crippen molar-refractivity contribution in [1.82, 2.24) is 0 Å². The number of carbonyl (C=O) groups is 1. The average molecular weight is 317 g/mol. The normalized spacial score (nSPS) is 10.2. The molecule has 0 fully saturated rings. The third-order valence-electron chi connectivity index (χ3n) is 3.62. The van der Waals surface area contributed by atoms with Crippen molar-refractivity contribution in [3.63, 3.8) is 0 Å². The molecule has 3 heteroatoms. The van der Waals surface area contributed by atoms with Crippen LogP contribution in [0.25, 0.3) is 11.1 Å². The van der Waals surface area contributed by atoms with Crippen LogP contribution in [0.3, 0.4) is 0 Å². The number of nitrogens with one attached hydrogen (secondary N) is 1. The zero-order chi connectivity index (χ0) is 16.8. The summed E-state index contributed by atoms with van der Waals surface area (Å²) in [6.07, 6.45) is 0. The molecule has 0 aliphatic heterocycles. The Labute approximate surface area is 141 Å². The molecule has 3 aromatic rings. The van der Waals surface area contributed by atoms with Crippen molar-refractivity contribution < 1.29 is 9.53 Å². The molecule has 0 atom stereocenters. The summed E-state index contributed by atoms with van der Waals surface area (Å²) in [6, 6.07) is 25.9. The lowest BCUT2D eigenvalue weighted by Gasteiger charge is -2.09. The Morgan fingerprint density at radius 1 is 0.875 bits per heavy atom. The number of anilines is 1. The fourth-order valence-electron chi connectivity index (χ4n) is 2.46. The Kier molecular flexibility index (Phi) is 4.92. The van der Waals surface area contributed by atoms with Crippen LogP contribution >= 0.6 is 0 Å². The quantitative estimate of drug-likeness (QED) is 0.727. The van der Waals surface area contributed by atoms with E-state index in [0.717, 1.165) is 28.1 Å². The van der Waals surface area contributed by atoms with Gasteiger partial charge in [0.25, 0.3) is 0 Å². The van der Waals surface area contributed by atoms with Crippen molar-refractivity contribution in [3.8, 4) is 16.9 Å². The highest BCUT2D eigenvalue weighted by Gasteiger charge is 2.02. The zero-order valence-electron chi connectivity index (χ0n) is 13.5. The van der Waals surface area contributed by atoms with E-state index in [0.29, 0.717) is 6.61 Å². The standard InChI is InChI=1S/C21H19NO2/c1-16(23)22-20-12-10-18(11-13-20)19-8-5-9-21(14-19)24-15-17-6-3-2-4-7-17/h2-14H,15H2,1H3,(H,22,23). The fourth-order valence-corrected chi connectivity index (χ4v) is 2.46. The lowest BCUT2D eigenvalue weighted by Crippen LogP contribution is -2.05. The van der Waals surface area contributed by atoms with Crippen molar-refractivity contribution in [2.75, 3.05) is 5.32 Å². The Morgan fingerprint density at radius 3 is 2.33 bits per heavy atom. The molecule has 0 bridgehead atoms. The van der Waals surface area contributed by atoms with Crippen LogP contribution in [-0.4, -0.2) is 5.91 Å². The molecule has 0 aliphatic carbocycles. The van der Waals surface area contributed by atoms with E-state index >= 15 is 0 Å². The first kappa shape index (κ1) is 15.8. The second kappa shape index (κ2) is 7.47. The van der Waals surface area contributed by atoms with Crippen LogP contribution in [0.1, 0.15) is 12.5 Å². The monoisotopic (exact) mass is 317 g/mol. The topological polar surface area (TPSA) is 38.3 Å². The van der Waals surface area contributed by atoms with Gasteiger partial charge in [-0.15, -0.1) is 0 Å². The van der Waals surface area contributed by atoms with Crippen molar-refractivity contribution in [3.05, 3.63) is 84.4 Å². The summed E-state index contributed by atoms with van der Waals surface area (Å²) in [7, 11) is 0. The van der Waals surface area contributed by atoms with Crippen molar-refractivity contribution >= 4 is 11.6 Å². The Hall–Kier alpha value is -3.07. The molecule has 0 radical (unpaired) electrons. The third-order valence-corrected chi connectivity index (χ3v) is 3.62. The van der Waals surface area contributed by atoms with E-state index in [-0.39, 0.29) is 5.91 Å². The fraction of sp³-hybridized carbons (Fsp3) is 0.0952. The molecule has 0 aliphatic rings. The van der Waals surface area contributed by atoms with Crippen LogP contribution in [0.4, 0.5) is 5.69 Å². The van der Waals surface area contributed by atoms with Gasteiger partial charge in [0.2, 0.25) is 5.91 Å². The molecule has 3 rings (SSSR count). The summed E-state index contributed by atoms with van der Waals surface area (Å²) in [5.74, 6) is 0.765. The number of benzene rings is 3. The molecule has 0 saturated heterocycles. The molecule has 1 amide bonds. The van der Waals surface area contributed by atoms with E-state index in [2.05, 4.69) is 5.32 Å². The van der Waals surface area contributed by atoms with Gasteiger partial charge >= 0.3 is 0 Å². The Balaban J connectivity index is 1.71. The Morgan fingerprint density at radius 2 is 1.62 bits per heavy atom. The second-order valence-corrected chi connectivity index (χ2v) is 5.56. The SMILES string of the molecule is CC(=O)Nc1ccc(-c2cccc(OCc3ccccc3)c2)cc1. The molecule has 3 aromatic carbocycles. The highest BCUT2D eigenvalue weighted by atomic mass is 16.5. The molecule has 0 aromatic heterocycles.